The highest BCUT2D eigenvalue weighted by atomic mass is 35.5. The van der Waals surface area contributed by atoms with E-state index in [0.29, 0.717) is 5.02 Å². The molecule has 0 amide bonds. The van der Waals surface area contributed by atoms with Crippen molar-refractivity contribution in [2.24, 2.45) is 0 Å². The lowest BCUT2D eigenvalue weighted by Gasteiger charge is -2.11. The number of fused-ring (bicyclic) bond motifs is 3. The zero-order valence-corrected chi connectivity index (χ0v) is 15.2. The average Bonchev–Trinajstić information content (AvgIpc) is 3.10. The van der Waals surface area contributed by atoms with E-state index in [0.717, 1.165) is 44.4 Å². The normalized spacial score (nSPS) is 11.1. The molecule has 5 rings (SSSR count). The maximum atomic E-state index is 6.47. The van der Waals surface area contributed by atoms with Crippen LogP contribution in [0.4, 0.5) is 11.4 Å². The van der Waals surface area contributed by atoms with Crippen molar-refractivity contribution in [3.63, 3.8) is 0 Å². The van der Waals surface area contributed by atoms with Crippen LogP contribution in [0.15, 0.2) is 95.4 Å². The third-order valence-electron chi connectivity index (χ3n) is 4.75. The summed E-state index contributed by atoms with van der Waals surface area (Å²) in [7, 11) is 0. The molecule has 27 heavy (non-hydrogen) atoms. The summed E-state index contributed by atoms with van der Waals surface area (Å²) in [6, 6.07) is 30.5. The summed E-state index contributed by atoms with van der Waals surface area (Å²) < 4.78 is 6.10. The van der Waals surface area contributed by atoms with Crippen LogP contribution in [-0.2, 0) is 0 Å². The lowest BCUT2D eigenvalue weighted by Crippen LogP contribution is -1.92. The van der Waals surface area contributed by atoms with Gasteiger partial charge in [0.1, 0.15) is 5.58 Å². The summed E-state index contributed by atoms with van der Waals surface area (Å²) in [5.74, 6) is 0. The molecule has 1 aromatic heterocycles. The Morgan fingerprint density at radius 3 is 2.30 bits per heavy atom. The van der Waals surface area contributed by atoms with Gasteiger partial charge in [0, 0.05) is 10.8 Å². The highest BCUT2D eigenvalue weighted by Gasteiger charge is 2.12. The smallest absolute Gasteiger partial charge is 0.158 e. The molecule has 0 aliphatic carbocycles. The van der Waals surface area contributed by atoms with Crippen molar-refractivity contribution in [2.75, 3.05) is 5.32 Å². The quantitative estimate of drug-likeness (QED) is 0.353. The van der Waals surface area contributed by atoms with Crippen molar-refractivity contribution in [1.82, 2.24) is 0 Å². The second kappa shape index (κ2) is 6.49. The second-order valence-corrected chi connectivity index (χ2v) is 6.87. The van der Waals surface area contributed by atoms with Gasteiger partial charge in [0.25, 0.3) is 0 Å². The predicted octanol–water partition coefficient (Wildman–Crippen LogP) is 7.65. The zero-order valence-electron chi connectivity index (χ0n) is 14.4. The van der Waals surface area contributed by atoms with Crippen LogP contribution < -0.4 is 5.32 Å². The topological polar surface area (TPSA) is 25.2 Å². The van der Waals surface area contributed by atoms with Crippen LogP contribution in [0.3, 0.4) is 0 Å². The van der Waals surface area contributed by atoms with Crippen LogP contribution in [-0.4, -0.2) is 0 Å². The number of para-hydroxylation sites is 2. The molecular formula is C24H16ClNO. The minimum absolute atomic E-state index is 0.669. The first-order valence-electron chi connectivity index (χ1n) is 8.82. The van der Waals surface area contributed by atoms with E-state index in [-0.39, 0.29) is 0 Å². The van der Waals surface area contributed by atoms with E-state index in [9.17, 15) is 0 Å². The Morgan fingerprint density at radius 1 is 0.630 bits per heavy atom. The monoisotopic (exact) mass is 369 g/mol. The summed E-state index contributed by atoms with van der Waals surface area (Å²) in [6.07, 6.45) is 0. The number of hydrogen-bond donors (Lipinski definition) is 1. The Labute approximate surface area is 162 Å². The number of anilines is 2. The molecule has 0 spiro atoms. The van der Waals surface area contributed by atoms with Gasteiger partial charge in [0.2, 0.25) is 0 Å². The van der Waals surface area contributed by atoms with Gasteiger partial charge in [-0.3, -0.25) is 0 Å². The van der Waals surface area contributed by atoms with Gasteiger partial charge in [-0.25, -0.2) is 0 Å². The summed E-state index contributed by atoms with van der Waals surface area (Å²) in [4.78, 5) is 0. The number of halogens is 1. The molecule has 1 N–H and O–H groups in total. The fourth-order valence-electron chi connectivity index (χ4n) is 3.42. The minimum atomic E-state index is 0.669. The molecule has 5 aromatic rings. The van der Waals surface area contributed by atoms with Crippen LogP contribution >= 0.6 is 11.6 Å². The molecule has 0 radical (unpaired) electrons. The standard InChI is InChI=1S/C24H16ClNO/c25-20-14-13-17(16-7-2-1-3-8-16)15-22(20)26-21-11-6-10-19-18-9-4-5-12-23(18)27-24(19)21/h1-15,26H. The van der Waals surface area contributed by atoms with Gasteiger partial charge in [-0.1, -0.05) is 78.3 Å². The van der Waals surface area contributed by atoms with Gasteiger partial charge >= 0.3 is 0 Å². The lowest BCUT2D eigenvalue weighted by molar-refractivity contribution is 0.670. The Hall–Kier alpha value is -3.23. The molecular weight excluding hydrogens is 354 g/mol. The molecule has 3 heteroatoms. The third kappa shape index (κ3) is 2.84. The summed E-state index contributed by atoms with van der Waals surface area (Å²) in [5, 5.41) is 6.33. The molecule has 0 unspecified atom stereocenters. The average molecular weight is 370 g/mol. The van der Waals surface area contributed by atoms with Crippen LogP contribution in [0.25, 0.3) is 33.1 Å². The molecule has 0 aliphatic heterocycles. The molecule has 4 aromatic carbocycles. The molecule has 0 bridgehead atoms. The predicted molar refractivity (Wildman–Crippen MR) is 114 cm³/mol. The van der Waals surface area contributed by atoms with Crippen molar-refractivity contribution < 1.29 is 4.42 Å². The summed E-state index contributed by atoms with van der Waals surface area (Å²) in [6.45, 7) is 0. The number of hydrogen-bond acceptors (Lipinski definition) is 2. The van der Waals surface area contributed by atoms with E-state index in [1.807, 2.05) is 60.7 Å². The van der Waals surface area contributed by atoms with Crippen LogP contribution in [0.5, 0.6) is 0 Å². The molecule has 130 valence electrons. The molecule has 0 saturated heterocycles. The van der Waals surface area contributed by atoms with E-state index in [1.165, 1.54) is 0 Å². The molecule has 0 saturated carbocycles. The van der Waals surface area contributed by atoms with E-state index in [2.05, 4.69) is 35.6 Å². The summed E-state index contributed by atoms with van der Waals surface area (Å²) in [5.41, 5.74) is 5.73. The fourth-order valence-corrected chi connectivity index (χ4v) is 3.59. The minimum Gasteiger partial charge on any atom is -0.454 e. The van der Waals surface area contributed by atoms with Gasteiger partial charge in [0.05, 0.1) is 16.4 Å². The Bertz CT molecular complexity index is 1260. The van der Waals surface area contributed by atoms with Crippen LogP contribution in [0.2, 0.25) is 5.02 Å². The van der Waals surface area contributed by atoms with E-state index in [1.54, 1.807) is 0 Å². The van der Waals surface area contributed by atoms with Gasteiger partial charge in [0.15, 0.2) is 5.58 Å². The fraction of sp³-hybridized carbons (Fsp3) is 0. The van der Waals surface area contributed by atoms with Crippen molar-refractivity contribution in [3.05, 3.63) is 96.0 Å². The SMILES string of the molecule is Clc1ccc(-c2ccccc2)cc1Nc1cccc2c1oc1ccccc12. The summed E-state index contributed by atoms with van der Waals surface area (Å²) >= 11 is 6.47. The second-order valence-electron chi connectivity index (χ2n) is 6.47. The largest absolute Gasteiger partial charge is 0.454 e. The highest BCUT2D eigenvalue weighted by Crippen LogP contribution is 2.37. The lowest BCUT2D eigenvalue weighted by atomic mass is 10.1. The van der Waals surface area contributed by atoms with Crippen molar-refractivity contribution >= 4 is 44.9 Å². The van der Waals surface area contributed by atoms with Gasteiger partial charge in [-0.2, -0.15) is 0 Å². The maximum Gasteiger partial charge on any atom is 0.158 e. The first-order valence-corrected chi connectivity index (χ1v) is 9.20. The molecule has 0 atom stereocenters. The van der Waals surface area contributed by atoms with Crippen molar-refractivity contribution in [3.8, 4) is 11.1 Å². The first-order chi connectivity index (χ1) is 13.3. The number of nitrogens with one attached hydrogen (secondary N) is 1. The van der Waals surface area contributed by atoms with E-state index in [4.69, 9.17) is 16.0 Å². The molecule has 0 aliphatic rings. The van der Waals surface area contributed by atoms with Gasteiger partial charge in [-0.05, 0) is 35.4 Å². The third-order valence-corrected chi connectivity index (χ3v) is 5.08. The Balaban J connectivity index is 1.61. The molecule has 2 nitrogen and oxygen atoms in total. The molecule has 0 fully saturated rings. The number of benzene rings is 4. The zero-order chi connectivity index (χ0) is 18.2. The van der Waals surface area contributed by atoms with E-state index < -0.39 is 0 Å². The van der Waals surface area contributed by atoms with E-state index >= 15 is 0 Å². The Kier molecular flexibility index (Phi) is 3.84. The van der Waals surface area contributed by atoms with Crippen LogP contribution in [0.1, 0.15) is 0 Å². The van der Waals surface area contributed by atoms with Gasteiger partial charge < -0.3 is 9.73 Å². The Morgan fingerprint density at radius 2 is 1.41 bits per heavy atom. The van der Waals surface area contributed by atoms with Gasteiger partial charge in [-0.15, -0.1) is 0 Å². The van der Waals surface area contributed by atoms with Crippen molar-refractivity contribution in [1.29, 1.82) is 0 Å². The first kappa shape index (κ1) is 16.0. The maximum absolute atomic E-state index is 6.47. The highest BCUT2D eigenvalue weighted by molar-refractivity contribution is 6.33. The van der Waals surface area contributed by atoms with Crippen LogP contribution in [0, 0.1) is 0 Å². The number of rotatable bonds is 3. The molecule has 1 heterocycles. The van der Waals surface area contributed by atoms with Crippen molar-refractivity contribution in [2.45, 2.75) is 0 Å². The number of furan rings is 1.